The largest absolute Gasteiger partial charge is 0.368 e. The first-order valence-corrected chi connectivity index (χ1v) is 7.74. The van der Waals surface area contributed by atoms with Crippen LogP contribution in [-0.2, 0) is 0 Å². The second-order valence-corrected chi connectivity index (χ2v) is 5.98. The number of aromatic nitrogens is 2. The number of anilines is 2. The molecule has 0 unspecified atom stereocenters. The Morgan fingerprint density at radius 2 is 1.90 bits per heavy atom. The summed E-state index contributed by atoms with van der Waals surface area (Å²) >= 11 is 3.32. The summed E-state index contributed by atoms with van der Waals surface area (Å²) in [4.78, 5) is 23.0. The van der Waals surface area contributed by atoms with Gasteiger partial charge in [-0.05, 0) is 40.5 Å². The molecule has 5 nitrogen and oxygen atoms in total. The highest BCUT2D eigenvalue weighted by Gasteiger charge is 2.20. The summed E-state index contributed by atoms with van der Waals surface area (Å²) in [6, 6.07) is 8.55. The maximum atomic E-state index is 11.6. The van der Waals surface area contributed by atoms with Gasteiger partial charge in [-0.1, -0.05) is 12.1 Å². The van der Waals surface area contributed by atoms with Crippen molar-refractivity contribution in [3.8, 4) is 0 Å². The van der Waals surface area contributed by atoms with E-state index in [9.17, 15) is 4.79 Å². The second-order valence-electron chi connectivity index (χ2n) is 5.18. The van der Waals surface area contributed by atoms with Crippen LogP contribution in [0.1, 0.15) is 5.56 Å². The molecule has 0 radical (unpaired) electrons. The number of hydrogen-bond donors (Lipinski definition) is 1. The number of aromatic amines is 1. The van der Waals surface area contributed by atoms with E-state index in [1.807, 2.05) is 0 Å². The van der Waals surface area contributed by atoms with E-state index < -0.39 is 0 Å². The van der Waals surface area contributed by atoms with Crippen molar-refractivity contribution in [2.75, 3.05) is 36.0 Å². The van der Waals surface area contributed by atoms with Crippen LogP contribution in [0.4, 0.5) is 11.5 Å². The highest BCUT2D eigenvalue weighted by Crippen LogP contribution is 2.23. The van der Waals surface area contributed by atoms with Crippen molar-refractivity contribution in [3.63, 3.8) is 0 Å². The van der Waals surface area contributed by atoms with Gasteiger partial charge in [0.2, 0.25) is 0 Å². The number of halogens is 1. The van der Waals surface area contributed by atoms with Crippen LogP contribution in [0.15, 0.2) is 39.9 Å². The molecule has 0 atom stereocenters. The van der Waals surface area contributed by atoms with Crippen molar-refractivity contribution >= 4 is 27.4 Å². The van der Waals surface area contributed by atoms with Crippen LogP contribution >= 0.6 is 15.9 Å². The molecule has 3 rings (SSSR count). The Hall–Kier alpha value is -1.82. The lowest BCUT2D eigenvalue weighted by Crippen LogP contribution is -2.47. The zero-order chi connectivity index (χ0) is 14.8. The first-order valence-electron chi connectivity index (χ1n) is 6.95. The van der Waals surface area contributed by atoms with Gasteiger partial charge < -0.3 is 14.8 Å². The van der Waals surface area contributed by atoms with Gasteiger partial charge in [0.05, 0.1) is 6.33 Å². The number of benzene rings is 1. The van der Waals surface area contributed by atoms with Crippen LogP contribution in [0.2, 0.25) is 0 Å². The van der Waals surface area contributed by atoms with Crippen molar-refractivity contribution < 1.29 is 0 Å². The molecule has 1 aliphatic rings. The Morgan fingerprint density at radius 1 is 1.19 bits per heavy atom. The molecule has 1 saturated heterocycles. The average molecular weight is 349 g/mol. The summed E-state index contributed by atoms with van der Waals surface area (Å²) < 4.78 is 0.508. The molecule has 1 aromatic heterocycles. The summed E-state index contributed by atoms with van der Waals surface area (Å²) in [5.74, 6) is 0.725. The van der Waals surface area contributed by atoms with Crippen LogP contribution in [0.25, 0.3) is 0 Å². The minimum atomic E-state index is -0.138. The van der Waals surface area contributed by atoms with Gasteiger partial charge in [0.1, 0.15) is 10.3 Å². The third-order valence-electron chi connectivity index (χ3n) is 3.72. The van der Waals surface area contributed by atoms with Gasteiger partial charge in [-0.15, -0.1) is 0 Å². The summed E-state index contributed by atoms with van der Waals surface area (Å²) in [6.07, 6.45) is 1.45. The highest BCUT2D eigenvalue weighted by atomic mass is 79.9. The van der Waals surface area contributed by atoms with Crippen molar-refractivity contribution in [1.29, 1.82) is 0 Å². The van der Waals surface area contributed by atoms with Gasteiger partial charge >= 0.3 is 0 Å². The molecule has 1 N–H and O–H groups in total. The van der Waals surface area contributed by atoms with Crippen molar-refractivity contribution in [2.24, 2.45) is 0 Å². The molecule has 1 aromatic carbocycles. The number of H-pyrrole nitrogens is 1. The Kier molecular flexibility index (Phi) is 3.96. The van der Waals surface area contributed by atoms with E-state index in [4.69, 9.17) is 0 Å². The molecular formula is C15H17BrN4O. The predicted octanol–water partition coefficient (Wildman–Crippen LogP) is 2.17. The van der Waals surface area contributed by atoms with Gasteiger partial charge in [0, 0.05) is 31.9 Å². The van der Waals surface area contributed by atoms with E-state index in [1.165, 1.54) is 17.6 Å². The molecular weight excluding hydrogens is 332 g/mol. The molecule has 6 heteroatoms. The quantitative estimate of drug-likeness (QED) is 0.903. The smallest absolute Gasteiger partial charge is 0.267 e. The topological polar surface area (TPSA) is 52.2 Å². The Labute approximate surface area is 131 Å². The summed E-state index contributed by atoms with van der Waals surface area (Å²) in [5, 5.41) is 0. The summed E-state index contributed by atoms with van der Waals surface area (Å²) in [5.41, 5.74) is 2.39. The Balaban J connectivity index is 1.73. The van der Waals surface area contributed by atoms with Crippen molar-refractivity contribution in [1.82, 2.24) is 9.97 Å². The number of hydrogen-bond acceptors (Lipinski definition) is 4. The second kappa shape index (κ2) is 5.89. The SMILES string of the molecule is Cc1cccc(N2CCN(c3nc[nH]c(=O)c3Br)CC2)c1. The lowest BCUT2D eigenvalue weighted by molar-refractivity contribution is 0.645. The molecule has 110 valence electrons. The van der Waals surface area contributed by atoms with Gasteiger partial charge in [0.15, 0.2) is 0 Å². The van der Waals surface area contributed by atoms with E-state index in [-0.39, 0.29) is 5.56 Å². The van der Waals surface area contributed by atoms with Crippen LogP contribution < -0.4 is 15.4 Å². The van der Waals surface area contributed by atoms with Gasteiger partial charge in [-0.2, -0.15) is 0 Å². The minimum absolute atomic E-state index is 0.138. The van der Waals surface area contributed by atoms with E-state index in [0.717, 1.165) is 32.0 Å². The Bertz CT molecular complexity index is 692. The van der Waals surface area contributed by atoms with E-state index >= 15 is 0 Å². The van der Waals surface area contributed by atoms with Crippen LogP contribution in [-0.4, -0.2) is 36.1 Å². The van der Waals surface area contributed by atoms with Gasteiger partial charge in [0.25, 0.3) is 5.56 Å². The van der Waals surface area contributed by atoms with E-state index in [0.29, 0.717) is 4.47 Å². The number of rotatable bonds is 2. The molecule has 21 heavy (non-hydrogen) atoms. The maximum Gasteiger partial charge on any atom is 0.267 e. The molecule has 0 aliphatic carbocycles. The molecule has 0 saturated carbocycles. The Morgan fingerprint density at radius 3 is 2.62 bits per heavy atom. The lowest BCUT2D eigenvalue weighted by atomic mass is 10.2. The number of nitrogens with one attached hydrogen (secondary N) is 1. The summed E-state index contributed by atoms with van der Waals surface area (Å²) in [7, 11) is 0. The third-order valence-corrected chi connectivity index (χ3v) is 4.44. The first-order chi connectivity index (χ1) is 10.1. The van der Waals surface area contributed by atoms with Gasteiger partial charge in [-0.3, -0.25) is 4.79 Å². The number of piperazine rings is 1. The molecule has 0 bridgehead atoms. The van der Waals surface area contributed by atoms with Crippen LogP contribution in [0.3, 0.4) is 0 Å². The molecule has 0 amide bonds. The highest BCUT2D eigenvalue weighted by molar-refractivity contribution is 9.10. The molecule has 1 fully saturated rings. The third kappa shape index (κ3) is 2.95. The van der Waals surface area contributed by atoms with E-state index in [2.05, 4.69) is 66.9 Å². The maximum absolute atomic E-state index is 11.6. The zero-order valence-corrected chi connectivity index (χ0v) is 13.4. The lowest BCUT2D eigenvalue weighted by Gasteiger charge is -2.37. The van der Waals surface area contributed by atoms with Gasteiger partial charge in [-0.25, -0.2) is 4.98 Å². The fraction of sp³-hybridized carbons (Fsp3) is 0.333. The minimum Gasteiger partial charge on any atom is -0.368 e. The molecule has 0 spiro atoms. The van der Waals surface area contributed by atoms with Crippen LogP contribution in [0, 0.1) is 6.92 Å². The number of aryl methyl sites for hydroxylation is 1. The molecule has 2 aromatic rings. The monoisotopic (exact) mass is 348 g/mol. The standard InChI is InChI=1S/C15H17BrN4O/c1-11-3-2-4-12(9-11)19-5-7-20(8-6-19)14-13(16)15(21)18-10-17-14/h2-4,9-10H,5-8H2,1H3,(H,17,18,21). The molecule has 2 heterocycles. The fourth-order valence-electron chi connectivity index (χ4n) is 2.60. The fourth-order valence-corrected chi connectivity index (χ4v) is 3.06. The van der Waals surface area contributed by atoms with E-state index in [1.54, 1.807) is 0 Å². The summed E-state index contributed by atoms with van der Waals surface area (Å²) in [6.45, 7) is 5.65. The average Bonchev–Trinajstić information content (AvgIpc) is 2.50. The van der Waals surface area contributed by atoms with Crippen molar-refractivity contribution in [2.45, 2.75) is 6.92 Å². The van der Waals surface area contributed by atoms with Crippen LogP contribution in [0.5, 0.6) is 0 Å². The van der Waals surface area contributed by atoms with Crippen molar-refractivity contribution in [3.05, 3.63) is 51.0 Å². The predicted molar refractivity (Wildman–Crippen MR) is 88.2 cm³/mol. The molecule has 1 aliphatic heterocycles. The number of nitrogens with zero attached hydrogens (tertiary/aromatic N) is 3. The first kappa shape index (κ1) is 14.1. The normalized spacial score (nSPS) is 15.3. The zero-order valence-electron chi connectivity index (χ0n) is 11.8.